The zero-order valence-corrected chi connectivity index (χ0v) is 19.1. The number of benzene rings is 1. The van der Waals surface area contributed by atoms with Gasteiger partial charge in [-0.15, -0.1) is 0 Å². The number of nitrogens with zero attached hydrogens (tertiary/aromatic N) is 3. The molecule has 4 heterocycles. The lowest BCUT2D eigenvalue weighted by Crippen LogP contribution is -2.52. The molecule has 1 fully saturated rings. The molecule has 0 saturated carbocycles. The van der Waals surface area contributed by atoms with E-state index in [0.717, 1.165) is 10.5 Å². The molecule has 0 unspecified atom stereocenters. The molecule has 3 aromatic rings. The average molecular weight is 478 g/mol. The molecule has 35 heavy (non-hydrogen) atoms. The number of rotatable bonds is 7. The summed E-state index contributed by atoms with van der Waals surface area (Å²) in [5, 5.41) is 3.30. The zero-order chi connectivity index (χ0) is 24.7. The second kappa shape index (κ2) is 8.42. The molecule has 2 aliphatic rings. The number of carbonyl (C=O) groups is 4. The Morgan fingerprint density at radius 3 is 2.80 bits per heavy atom. The molecular weight excluding hydrogens is 456 g/mol. The maximum absolute atomic E-state index is 13.7. The van der Waals surface area contributed by atoms with Crippen LogP contribution in [-0.2, 0) is 26.4 Å². The van der Waals surface area contributed by atoms with Crippen molar-refractivity contribution in [2.75, 3.05) is 26.8 Å². The molecular formula is C24H22N4O7. The first-order valence-corrected chi connectivity index (χ1v) is 11.0. The largest absolute Gasteiger partial charge is 0.497 e. The molecule has 0 spiro atoms. The molecule has 2 aliphatic heterocycles. The number of fused-ring (bicyclic) bond motifs is 2. The van der Waals surface area contributed by atoms with E-state index in [1.807, 2.05) is 0 Å². The number of ether oxygens (including phenoxy) is 2. The minimum atomic E-state index is -1.75. The van der Waals surface area contributed by atoms with Crippen LogP contribution in [0.4, 0.5) is 4.79 Å². The maximum atomic E-state index is 13.7. The lowest BCUT2D eigenvalue weighted by atomic mass is 9.94. The van der Waals surface area contributed by atoms with Gasteiger partial charge in [0.25, 0.3) is 11.8 Å². The van der Waals surface area contributed by atoms with Crippen molar-refractivity contribution in [3.63, 3.8) is 0 Å². The lowest BCUT2D eigenvalue weighted by molar-refractivity contribution is -0.147. The van der Waals surface area contributed by atoms with Crippen molar-refractivity contribution in [1.29, 1.82) is 0 Å². The van der Waals surface area contributed by atoms with Crippen molar-refractivity contribution in [3.8, 4) is 5.75 Å². The average Bonchev–Trinajstić information content (AvgIpc) is 3.49. The molecule has 0 aliphatic carbocycles. The Labute approximate surface area is 199 Å². The van der Waals surface area contributed by atoms with Crippen molar-refractivity contribution in [2.24, 2.45) is 0 Å². The SMILES string of the molecule is CCOC(=O)CN1C(=O)N[C@@](CN2Cc3ccc(OC)cc3C2=O)(c2cc3cnccc3o2)C1=O. The van der Waals surface area contributed by atoms with Crippen molar-refractivity contribution >= 4 is 34.8 Å². The smallest absolute Gasteiger partial charge is 0.326 e. The third-order valence-corrected chi connectivity index (χ3v) is 6.13. The summed E-state index contributed by atoms with van der Waals surface area (Å²) in [6, 6.07) is 7.62. The molecule has 5 rings (SSSR count). The van der Waals surface area contributed by atoms with Crippen LogP contribution in [0.15, 0.2) is 47.1 Å². The van der Waals surface area contributed by atoms with Gasteiger partial charge >= 0.3 is 12.0 Å². The van der Waals surface area contributed by atoms with Gasteiger partial charge in [-0.25, -0.2) is 4.79 Å². The van der Waals surface area contributed by atoms with E-state index in [0.29, 0.717) is 22.3 Å². The van der Waals surface area contributed by atoms with E-state index < -0.39 is 30.0 Å². The van der Waals surface area contributed by atoms with Crippen LogP contribution in [0.25, 0.3) is 11.0 Å². The summed E-state index contributed by atoms with van der Waals surface area (Å²) in [5.41, 5.74) is -0.0703. The number of carbonyl (C=O) groups excluding carboxylic acids is 4. The van der Waals surface area contributed by atoms with E-state index in [9.17, 15) is 19.2 Å². The number of hydrogen-bond acceptors (Lipinski definition) is 8. The number of urea groups is 1. The molecule has 0 bridgehead atoms. The third kappa shape index (κ3) is 3.65. The Balaban J connectivity index is 1.54. The number of esters is 1. The van der Waals surface area contributed by atoms with E-state index in [-0.39, 0.29) is 31.4 Å². The molecule has 4 amide bonds. The predicted molar refractivity (Wildman–Crippen MR) is 120 cm³/mol. The number of pyridine rings is 1. The normalized spacial score (nSPS) is 19.3. The topological polar surface area (TPSA) is 131 Å². The highest BCUT2D eigenvalue weighted by molar-refractivity contribution is 6.10. The van der Waals surface area contributed by atoms with Gasteiger partial charge in [-0.05, 0) is 36.8 Å². The number of nitrogens with one attached hydrogen (secondary N) is 1. The van der Waals surface area contributed by atoms with Gasteiger partial charge in [0.1, 0.15) is 23.6 Å². The van der Waals surface area contributed by atoms with Gasteiger partial charge < -0.3 is 24.1 Å². The van der Waals surface area contributed by atoms with E-state index >= 15 is 0 Å². The molecule has 11 heteroatoms. The first-order valence-electron chi connectivity index (χ1n) is 11.0. The molecule has 1 aromatic carbocycles. The van der Waals surface area contributed by atoms with Crippen molar-refractivity contribution in [2.45, 2.75) is 19.0 Å². The Morgan fingerprint density at radius 2 is 2.06 bits per heavy atom. The standard InChI is InChI=1S/C24H22N4O7/c1-3-34-20(29)12-28-22(31)24(26-23(28)32,19-8-15-10-25-7-6-18(15)35-19)13-27-11-14-4-5-16(33-2)9-17(14)21(27)30/h4-10H,3,11-13H2,1-2H3,(H,26,32)/t24-/m0/s1. The van der Waals surface area contributed by atoms with Crippen LogP contribution >= 0.6 is 0 Å². The molecule has 1 N–H and O–H groups in total. The lowest BCUT2D eigenvalue weighted by Gasteiger charge is -2.29. The monoisotopic (exact) mass is 478 g/mol. The molecule has 0 radical (unpaired) electrons. The zero-order valence-electron chi connectivity index (χ0n) is 19.1. The van der Waals surface area contributed by atoms with Gasteiger partial charge in [0.2, 0.25) is 0 Å². The number of furan rings is 1. The number of methoxy groups -OCH3 is 1. The Morgan fingerprint density at radius 1 is 1.23 bits per heavy atom. The summed E-state index contributed by atoms with van der Waals surface area (Å²) in [5.74, 6) is -1.10. The molecule has 1 atom stereocenters. The van der Waals surface area contributed by atoms with E-state index in [4.69, 9.17) is 13.9 Å². The second-order valence-electron chi connectivity index (χ2n) is 8.24. The summed E-state index contributed by atoms with van der Waals surface area (Å²) >= 11 is 0. The summed E-state index contributed by atoms with van der Waals surface area (Å²) in [6.07, 6.45) is 3.11. The van der Waals surface area contributed by atoms with E-state index in [2.05, 4.69) is 10.3 Å². The van der Waals surface area contributed by atoms with Gasteiger partial charge in [0.15, 0.2) is 5.54 Å². The van der Waals surface area contributed by atoms with Crippen LogP contribution in [-0.4, -0.2) is 65.4 Å². The summed E-state index contributed by atoms with van der Waals surface area (Å²) in [6.45, 7) is 1.19. The van der Waals surface area contributed by atoms with Gasteiger partial charge in [0, 0.05) is 29.9 Å². The number of amides is 4. The van der Waals surface area contributed by atoms with E-state index in [1.165, 1.54) is 12.0 Å². The van der Waals surface area contributed by atoms with Crippen molar-refractivity contribution in [3.05, 3.63) is 59.6 Å². The second-order valence-corrected chi connectivity index (χ2v) is 8.24. The quantitative estimate of drug-likeness (QED) is 0.402. The third-order valence-electron chi connectivity index (χ3n) is 6.13. The van der Waals surface area contributed by atoms with Gasteiger partial charge in [0.05, 0.1) is 20.3 Å². The number of imide groups is 1. The summed E-state index contributed by atoms with van der Waals surface area (Å²) in [7, 11) is 1.51. The fraction of sp³-hybridized carbons (Fsp3) is 0.292. The summed E-state index contributed by atoms with van der Waals surface area (Å²) in [4.78, 5) is 58.3. The highest BCUT2D eigenvalue weighted by Gasteiger charge is 2.57. The molecule has 2 aromatic heterocycles. The molecule has 180 valence electrons. The van der Waals surface area contributed by atoms with Gasteiger partial charge in [-0.2, -0.15) is 0 Å². The first kappa shape index (κ1) is 22.4. The van der Waals surface area contributed by atoms with Crippen molar-refractivity contribution < 1.29 is 33.1 Å². The van der Waals surface area contributed by atoms with Crippen LogP contribution in [0.1, 0.15) is 28.6 Å². The van der Waals surface area contributed by atoms with E-state index in [1.54, 1.807) is 49.6 Å². The summed E-state index contributed by atoms with van der Waals surface area (Å²) < 4.78 is 16.1. The Hall–Kier alpha value is -4.41. The van der Waals surface area contributed by atoms with Crippen LogP contribution in [0, 0.1) is 0 Å². The minimum absolute atomic E-state index is 0.105. The van der Waals surface area contributed by atoms with Crippen LogP contribution in [0.5, 0.6) is 5.75 Å². The molecule has 1 saturated heterocycles. The number of aromatic nitrogens is 1. The Bertz CT molecular complexity index is 1330. The van der Waals surface area contributed by atoms with Crippen LogP contribution in [0.3, 0.4) is 0 Å². The minimum Gasteiger partial charge on any atom is -0.497 e. The highest BCUT2D eigenvalue weighted by atomic mass is 16.5. The fourth-order valence-corrected chi connectivity index (χ4v) is 4.43. The Kier molecular flexibility index (Phi) is 5.39. The van der Waals surface area contributed by atoms with Crippen LogP contribution < -0.4 is 10.1 Å². The van der Waals surface area contributed by atoms with Crippen molar-refractivity contribution in [1.82, 2.24) is 20.1 Å². The number of hydrogen-bond donors (Lipinski definition) is 1. The highest BCUT2D eigenvalue weighted by Crippen LogP contribution is 2.36. The van der Waals surface area contributed by atoms with Crippen LogP contribution in [0.2, 0.25) is 0 Å². The van der Waals surface area contributed by atoms with Gasteiger partial charge in [-0.3, -0.25) is 24.3 Å². The fourth-order valence-electron chi connectivity index (χ4n) is 4.43. The molecule has 11 nitrogen and oxygen atoms in total. The first-order chi connectivity index (χ1) is 16.9. The maximum Gasteiger partial charge on any atom is 0.326 e. The predicted octanol–water partition coefficient (Wildman–Crippen LogP) is 1.80. The van der Waals surface area contributed by atoms with Gasteiger partial charge in [-0.1, -0.05) is 6.07 Å².